The first-order valence-corrected chi connectivity index (χ1v) is 12.4. The normalized spacial score (nSPS) is 21.4. The monoisotopic (exact) mass is 576 g/mol. The van der Waals surface area contributed by atoms with Crippen molar-refractivity contribution in [1.29, 1.82) is 0 Å². The van der Waals surface area contributed by atoms with E-state index in [-0.39, 0.29) is 24.8 Å². The van der Waals surface area contributed by atoms with Crippen LogP contribution in [0.2, 0.25) is 0 Å². The molecule has 2 unspecified atom stereocenters. The third-order valence-corrected chi connectivity index (χ3v) is 11.0. The van der Waals surface area contributed by atoms with Gasteiger partial charge in [-0.05, 0) is 0 Å². The predicted octanol–water partition coefficient (Wildman–Crippen LogP) is 0.523. The molecule has 2 aliphatic carbocycles. The van der Waals surface area contributed by atoms with Crippen LogP contribution >= 0.6 is 43.6 Å². The van der Waals surface area contributed by atoms with Crippen molar-refractivity contribution in [1.82, 2.24) is 0 Å². The summed E-state index contributed by atoms with van der Waals surface area (Å²) in [6.07, 6.45) is 4.92. The van der Waals surface area contributed by atoms with Gasteiger partial charge in [-0.3, -0.25) is 0 Å². The van der Waals surface area contributed by atoms with E-state index < -0.39 is 23.2 Å². The average Bonchev–Trinajstić information content (AvgIpc) is 2.98. The Morgan fingerprint density at radius 2 is 1.62 bits per heavy atom. The van der Waals surface area contributed by atoms with Gasteiger partial charge in [0, 0.05) is 0 Å². The minimum atomic E-state index is -0.661. The van der Waals surface area contributed by atoms with Crippen LogP contribution < -0.4 is 24.8 Å². The standard InChI is InChI=1S/C18H10Br2S.2ClH.Zr/c19-15-8-5-11-4-7-13(10-14(11)15)21-17-3-1-2-12-6-9-16(20)18(12)17;;;/h1-10H;2*1H;/q;;;+2/p-2. The van der Waals surface area contributed by atoms with Gasteiger partial charge in [0.05, 0.1) is 0 Å². The van der Waals surface area contributed by atoms with Gasteiger partial charge in [0.1, 0.15) is 0 Å². The molecule has 120 valence electrons. The van der Waals surface area contributed by atoms with Crippen LogP contribution in [0.3, 0.4) is 0 Å². The molecule has 0 saturated heterocycles. The SMILES string of the molecule is BrC1=C[CH]2[Zr+2][CH]3C=C(Br)c4c(cccc43)Sc3ccc2c1c3.[Cl-].[Cl-]. The second-order valence-electron chi connectivity index (χ2n) is 5.72. The molecule has 6 heteroatoms. The topological polar surface area (TPSA) is 0 Å². The van der Waals surface area contributed by atoms with Crippen molar-refractivity contribution in [3.05, 3.63) is 70.8 Å². The first kappa shape index (κ1) is 19.5. The Hall–Kier alpha value is 0.693. The number of hydrogen-bond acceptors (Lipinski definition) is 1. The second kappa shape index (κ2) is 7.37. The second-order valence-corrected chi connectivity index (χ2v) is 12.4. The maximum Gasteiger partial charge on any atom is -1.00 e. The minimum Gasteiger partial charge on any atom is -1.00 e. The largest absolute Gasteiger partial charge is 1.00 e. The number of rotatable bonds is 0. The minimum absolute atomic E-state index is 0. The first-order valence-electron chi connectivity index (χ1n) is 7.17. The molecular formula is C18H10Br2Cl2SZr. The van der Waals surface area contributed by atoms with Gasteiger partial charge in [0.25, 0.3) is 0 Å². The zero-order valence-electron chi connectivity index (χ0n) is 12.2. The van der Waals surface area contributed by atoms with Crippen LogP contribution in [0.15, 0.2) is 58.3 Å². The van der Waals surface area contributed by atoms with Gasteiger partial charge in [-0.2, -0.15) is 0 Å². The van der Waals surface area contributed by atoms with E-state index in [4.69, 9.17) is 0 Å². The summed E-state index contributed by atoms with van der Waals surface area (Å²) in [6, 6.07) is 13.8. The Balaban J connectivity index is 0.000000845. The van der Waals surface area contributed by atoms with Crippen LogP contribution in [0.5, 0.6) is 0 Å². The fourth-order valence-electron chi connectivity index (χ4n) is 3.47. The Bertz CT molecular complexity index is 895. The Labute approximate surface area is 186 Å². The molecule has 4 aliphatic rings. The van der Waals surface area contributed by atoms with Crippen molar-refractivity contribution in [3.8, 4) is 0 Å². The summed E-state index contributed by atoms with van der Waals surface area (Å²) in [4.78, 5) is 2.70. The van der Waals surface area contributed by atoms with Gasteiger partial charge in [-0.15, -0.1) is 0 Å². The molecule has 2 aliphatic heterocycles. The summed E-state index contributed by atoms with van der Waals surface area (Å²) in [5.74, 6) is 0. The Kier molecular flexibility index (Phi) is 5.97. The maximum absolute atomic E-state index is 3.83. The summed E-state index contributed by atoms with van der Waals surface area (Å²) < 4.78 is 3.92. The van der Waals surface area contributed by atoms with E-state index in [9.17, 15) is 0 Å². The molecule has 0 radical (unpaired) electrons. The summed E-state index contributed by atoms with van der Waals surface area (Å²) in [7, 11) is 0. The molecule has 2 aromatic carbocycles. The van der Waals surface area contributed by atoms with Gasteiger partial charge in [-0.1, -0.05) is 0 Å². The van der Waals surface area contributed by atoms with E-state index >= 15 is 0 Å². The van der Waals surface area contributed by atoms with Crippen molar-refractivity contribution in [2.24, 2.45) is 0 Å². The third-order valence-electron chi connectivity index (χ3n) is 4.46. The zero-order chi connectivity index (χ0) is 14.8. The molecule has 0 amide bonds. The summed E-state index contributed by atoms with van der Waals surface area (Å²) in [5.41, 5.74) is 5.93. The van der Waals surface area contributed by atoms with Gasteiger partial charge in [0.2, 0.25) is 0 Å². The Morgan fingerprint density at radius 1 is 0.875 bits per heavy atom. The van der Waals surface area contributed by atoms with Crippen LogP contribution in [0, 0.1) is 0 Å². The van der Waals surface area contributed by atoms with Crippen molar-refractivity contribution in [2.45, 2.75) is 17.0 Å². The molecule has 2 heterocycles. The van der Waals surface area contributed by atoms with E-state index in [1.54, 1.807) is 5.56 Å². The quantitative estimate of drug-likeness (QED) is 0.439. The van der Waals surface area contributed by atoms with Crippen molar-refractivity contribution >= 4 is 52.6 Å². The fourth-order valence-corrected chi connectivity index (χ4v) is 11.5. The van der Waals surface area contributed by atoms with Crippen LogP contribution in [0.4, 0.5) is 0 Å². The molecule has 0 fully saturated rings. The van der Waals surface area contributed by atoms with Crippen molar-refractivity contribution < 1.29 is 48.0 Å². The molecule has 2 aromatic rings. The summed E-state index contributed by atoms with van der Waals surface area (Å²) in [5, 5.41) is 0. The molecule has 24 heavy (non-hydrogen) atoms. The summed E-state index contributed by atoms with van der Waals surface area (Å²) in [6.45, 7) is 0. The summed E-state index contributed by atoms with van der Waals surface area (Å²) >= 11 is 8.84. The molecule has 0 N–H and O–H groups in total. The molecule has 0 nitrogen and oxygen atoms in total. The van der Waals surface area contributed by atoms with Crippen molar-refractivity contribution in [2.75, 3.05) is 0 Å². The van der Waals surface area contributed by atoms with E-state index in [2.05, 4.69) is 80.4 Å². The van der Waals surface area contributed by atoms with E-state index in [1.807, 2.05) is 11.8 Å². The number of hydrogen-bond donors (Lipinski definition) is 0. The van der Waals surface area contributed by atoms with Crippen LogP contribution in [0.1, 0.15) is 29.5 Å². The number of allylic oxidation sites excluding steroid dienone is 2. The van der Waals surface area contributed by atoms with Gasteiger partial charge in [0.15, 0.2) is 0 Å². The molecule has 8 bridgehead atoms. The predicted molar refractivity (Wildman–Crippen MR) is 96.3 cm³/mol. The molecular weight excluding hydrogens is 570 g/mol. The van der Waals surface area contributed by atoms with E-state index in [0.29, 0.717) is 7.25 Å². The van der Waals surface area contributed by atoms with Crippen LogP contribution in [0.25, 0.3) is 8.96 Å². The van der Waals surface area contributed by atoms with Crippen LogP contribution in [-0.4, -0.2) is 0 Å². The number of halogens is 4. The number of benzene rings is 2. The molecule has 0 saturated carbocycles. The van der Waals surface area contributed by atoms with Gasteiger partial charge >= 0.3 is 164 Å². The molecule has 6 rings (SSSR count). The zero-order valence-corrected chi connectivity index (χ0v) is 20.2. The van der Waals surface area contributed by atoms with Gasteiger partial charge < -0.3 is 24.8 Å². The maximum atomic E-state index is 3.83. The van der Waals surface area contributed by atoms with E-state index in [0.717, 1.165) is 0 Å². The molecule has 2 atom stereocenters. The average molecular weight is 580 g/mol. The van der Waals surface area contributed by atoms with E-state index in [1.165, 1.54) is 35.4 Å². The number of fused-ring (bicyclic) bond motifs is 1. The van der Waals surface area contributed by atoms with Gasteiger partial charge in [-0.25, -0.2) is 0 Å². The Morgan fingerprint density at radius 3 is 2.46 bits per heavy atom. The first-order chi connectivity index (χ1) is 10.7. The molecule has 0 spiro atoms. The fraction of sp³-hybridized carbons (Fsp3) is 0.111. The third kappa shape index (κ3) is 3.00. The van der Waals surface area contributed by atoms with Crippen molar-refractivity contribution in [3.63, 3.8) is 0 Å². The molecule has 0 aromatic heterocycles. The smallest absolute Gasteiger partial charge is 1.00 e. The van der Waals surface area contributed by atoms with Crippen LogP contribution in [-0.2, 0) is 23.2 Å².